The number of aromatic nitrogens is 4. The number of fused-ring (bicyclic) bond motifs is 3. The summed E-state index contributed by atoms with van der Waals surface area (Å²) in [6.45, 7) is 2.33. The summed E-state index contributed by atoms with van der Waals surface area (Å²) in [6, 6.07) is 14.0. The highest BCUT2D eigenvalue weighted by Gasteiger charge is 2.21. The molecule has 2 aliphatic rings. The van der Waals surface area contributed by atoms with Crippen molar-refractivity contribution in [2.24, 2.45) is 0 Å². The van der Waals surface area contributed by atoms with E-state index in [2.05, 4.69) is 49.9 Å². The Labute approximate surface area is 213 Å². The van der Waals surface area contributed by atoms with Gasteiger partial charge in [0, 0.05) is 18.7 Å². The Balaban J connectivity index is 1.38. The number of nitrogens with zero attached hydrogens (tertiary/aromatic N) is 4. The Morgan fingerprint density at radius 1 is 1.14 bits per heavy atom. The summed E-state index contributed by atoms with van der Waals surface area (Å²) in [6.07, 6.45) is 5.55. The van der Waals surface area contributed by atoms with Crippen LogP contribution in [0.2, 0.25) is 0 Å². The Morgan fingerprint density at radius 3 is 2.86 bits per heavy atom. The maximum absolute atomic E-state index is 12.7. The van der Waals surface area contributed by atoms with Crippen LogP contribution in [0.3, 0.4) is 0 Å². The molecule has 2 aliphatic heterocycles. The lowest BCUT2D eigenvalue weighted by Gasteiger charge is -2.28. The first-order chi connectivity index (χ1) is 18.0. The number of hydrogen-bond donors (Lipinski definition) is 4. The molecule has 2 aromatic heterocycles. The average Bonchev–Trinajstić information content (AvgIpc) is 3.18. The molecule has 1 saturated heterocycles. The van der Waals surface area contributed by atoms with Crippen LogP contribution in [-0.4, -0.2) is 56.3 Å². The van der Waals surface area contributed by atoms with Gasteiger partial charge in [0.25, 0.3) is 11.9 Å². The summed E-state index contributed by atoms with van der Waals surface area (Å²) in [5.74, 6) is 0.0918. The summed E-state index contributed by atoms with van der Waals surface area (Å²) in [4.78, 5) is 25.5. The van der Waals surface area contributed by atoms with E-state index in [0.29, 0.717) is 42.7 Å². The second kappa shape index (κ2) is 9.55. The molecule has 1 amide bonds. The average molecular weight is 498 g/mol. The standard InChI is InChI=1S/C27H27N7O3/c28-23-22-24-33-26(32-23)37-10-3-1-2-5-17-11-16(15-34(24)27(36)31-22)8-9-21(17)18-6-4-7-19(12-18)25(35)30-20-13-29-14-20/h1-2,4,6-9,11-12,20,29H,3,5,10,13-15H2,(H,30,35)(H,31,36)(H2,28,32,33)/b2-1-. The Bertz CT molecular complexity index is 1520. The van der Waals surface area contributed by atoms with E-state index in [-0.39, 0.29) is 29.8 Å². The van der Waals surface area contributed by atoms with Gasteiger partial charge >= 0.3 is 6.01 Å². The second-order valence-corrected chi connectivity index (χ2v) is 9.28. The molecule has 0 unspecified atom stereocenters. The Morgan fingerprint density at radius 2 is 2.03 bits per heavy atom. The number of carbonyl (C=O) groups is 1. The van der Waals surface area contributed by atoms with Crippen LogP contribution < -0.4 is 21.1 Å². The van der Waals surface area contributed by atoms with Gasteiger partial charge < -0.3 is 26.2 Å². The van der Waals surface area contributed by atoms with Crippen LogP contribution in [0.25, 0.3) is 22.3 Å². The van der Waals surface area contributed by atoms with Crippen LogP contribution in [0.1, 0.15) is 27.9 Å². The molecule has 1 fully saturated rings. The number of benzene rings is 2. The van der Waals surface area contributed by atoms with Crippen molar-refractivity contribution in [1.29, 1.82) is 0 Å². The van der Waals surface area contributed by atoms with Gasteiger partial charge in [-0.1, -0.05) is 42.5 Å². The minimum Gasteiger partial charge on any atom is -0.480 e. The van der Waals surface area contributed by atoms with Gasteiger partial charge in [0.15, 0.2) is 17.0 Å². The SMILES string of the molecule is Nc1nc2nc3c1nc(O)n3Cc1ccc(-c3cccc(C(=O)NC4CNC4)c3)c(c1)C/C=C\CCO2. The quantitative estimate of drug-likeness (QED) is 0.316. The molecule has 0 spiro atoms. The predicted molar refractivity (Wildman–Crippen MR) is 139 cm³/mol. The Kier molecular flexibility index (Phi) is 5.93. The fourth-order valence-electron chi connectivity index (χ4n) is 4.61. The van der Waals surface area contributed by atoms with E-state index in [1.165, 1.54) is 0 Å². The molecule has 2 aromatic carbocycles. The second-order valence-electron chi connectivity index (χ2n) is 9.28. The predicted octanol–water partition coefficient (Wildman–Crippen LogP) is 2.41. The summed E-state index contributed by atoms with van der Waals surface area (Å²) in [5.41, 5.74) is 11.5. The van der Waals surface area contributed by atoms with Crippen LogP contribution in [0.15, 0.2) is 54.6 Å². The first kappa shape index (κ1) is 23.0. The van der Waals surface area contributed by atoms with Crippen LogP contribution in [-0.2, 0) is 13.0 Å². The minimum absolute atomic E-state index is 0.0658. The van der Waals surface area contributed by atoms with Crippen LogP contribution in [0.5, 0.6) is 12.0 Å². The van der Waals surface area contributed by atoms with Gasteiger partial charge in [-0.15, -0.1) is 0 Å². The molecular weight excluding hydrogens is 470 g/mol. The van der Waals surface area contributed by atoms with Crippen molar-refractivity contribution >= 4 is 22.9 Å². The molecule has 188 valence electrons. The number of nitrogen functional groups attached to an aromatic ring is 1. The van der Waals surface area contributed by atoms with Gasteiger partial charge in [0.2, 0.25) is 0 Å². The third-order valence-electron chi connectivity index (χ3n) is 6.66. The molecule has 10 heteroatoms. The number of nitrogens with two attached hydrogens (primary N) is 1. The monoisotopic (exact) mass is 497 g/mol. The number of imidazole rings is 1. The lowest BCUT2D eigenvalue weighted by molar-refractivity contribution is 0.0924. The zero-order valence-corrected chi connectivity index (χ0v) is 20.1. The number of rotatable bonds is 3. The highest BCUT2D eigenvalue weighted by molar-refractivity contribution is 5.96. The minimum atomic E-state index is -0.189. The number of nitrogens with one attached hydrogen (secondary N) is 2. The fraction of sp³-hybridized carbons (Fsp3) is 0.259. The molecule has 10 nitrogen and oxygen atoms in total. The highest BCUT2D eigenvalue weighted by Crippen LogP contribution is 2.30. The molecule has 0 radical (unpaired) electrons. The van der Waals surface area contributed by atoms with Gasteiger partial charge in [0.05, 0.1) is 19.2 Å². The van der Waals surface area contributed by atoms with Crippen LogP contribution >= 0.6 is 0 Å². The molecule has 6 rings (SSSR count). The van der Waals surface area contributed by atoms with Crippen molar-refractivity contribution in [1.82, 2.24) is 30.2 Å². The van der Waals surface area contributed by atoms with Crippen molar-refractivity contribution in [3.05, 3.63) is 71.3 Å². The topological polar surface area (TPSA) is 140 Å². The largest absolute Gasteiger partial charge is 0.480 e. The highest BCUT2D eigenvalue weighted by atomic mass is 16.5. The fourth-order valence-corrected chi connectivity index (χ4v) is 4.61. The van der Waals surface area contributed by atoms with Gasteiger partial charge in [-0.3, -0.25) is 9.36 Å². The van der Waals surface area contributed by atoms with Crippen molar-refractivity contribution < 1.29 is 14.6 Å². The zero-order chi connectivity index (χ0) is 25.4. The zero-order valence-electron chi connectivity index (χ0n) is 20.1. The summed E-state index contributed by atoms with van der Waals surface area (Å²) in [5, 5.41) is 16.8. The normalized spacial score (nSPS) is 16.5. The van der Waals surface area contributed by atoms with E-state index in [0.717, 1.165) is 35.3 Å². The van der Waals surface area contributed by atoms with Crippen LogP contribution in [0, 0.1) is 0 Å². The van der Waals surface area contributed by atoms with E-state index in [1.807, 2.05) is 30.3 Å². The summed E-state index contributed by atoms with van der Waals surface area (Å²) in [7, 11) is 0. The number of amides is 1. The number of hydrogen-bond acceptors (Lipinski definition) is 8. The van der Waals surface area contributed by atoms with E-state index < -0.39 is 0 Å². The lowest BCUT2D eigenvalue weighted by Crippen LogP contribution is -2.56. The van der Waals surface area contributed by atoms with E-state index in [9.17, 15) is 9.90 Å². The van der Waals surface area contributed by atoms with Crippen molar-refractivity contribution in [3.8, 4) is 23.1 Å². The van der Waals surface area contributed by atoms with E-state index >= 15 is 0 Å². The van der Waals surface area contributed by atoms with E-state index in [4.69, 9.17) is 10.5 Å². The molecular formula is C27H27N7O3. The maximum atomic E-state index is 12.7. The third kappa shape index (κ3) is 4.58. The molecule has 4 heterocycles. The molecule has 37 heavy (non-hydrogen) atoms. The maximum Gasteiger partial charge on any atom is 0.320 e. The number of allylic oxidation sites excluding steroid dienone is 1. The van der Waals surface area contributed by atoms with Crippen molar-refractivity contribution in [3.63, 3.8) is 0 Å². The Hall–Kier alpha value is -4.44. The number of aromatic hydroxyl groups is 1. The lowest BCUT2D eigenvalue weighted by atomic mass is 9.94. The number of anilines is 1. The molecule has 0 saturated carbocycles. The van der Waals surface area contributed by atoms with Crippen LogP contribution in [0.4, 0.5) is 5.82 Å². The summed E-state index contributed by atoms with van der Waals surface area (Å²) >= 11 is 0. The molecule has 0 atom stereocenters. The number of ether oxygens (including phenoxy) is 1. The molecule has 4 aromatic rings. The first-order valence-corrected chi connectivity index (χ1v) is 12.3. The molecule has 5 N–H and O–H groups in total. The smallest absolute Gasteiger partial charge is 0.320 e. The van der Waals surface area contributed by atoms with Gasteiger partial charge in [-0.05, 0) is 47.2 Å². The number of carbonyl (C=O) groups excluding carboxylic acids is 1. The van der Waals surface area contributed by atoms with Gasteiger partial charge in [-0.2, -0.15) is 15.0 Å². The van der Waals surface area contributed by atoms with Crippen molar-refractivity contribution in [2.75, 3.05) is 25.4 Å². The van der Waals surface area contributed by atoms with Crippen molar-refractivity contribution in [2.45, 2.75) is 25.4 Å². The van der Waals surface area contributed by atoms with Gasteiger partial charge in [0.1, 0.15) is 0 Å². The molecule has 0 aliphatic carbocycles. The summed E-state index contributed by atoms with van der Waals surface area (Å²) < 4.78 is 7.30. The molecule has 4 bridgehead atoms. The van der Waals surface area contributed by atoms with E-state index in [1.54, 1.807) is 4.57 Å². The third-order valence-corrected chi connectivity index (χ3v) is 6.66. The van der Waals surface area contributed by atoms with Gasteiger partial charge in [-0.25, -0.2) is 0 Å². The first-order valence-electron chi connectivity index (χ1n) is 12.3.